The number of carbonyl (C=O) groups is 1. The Morgan fingerprint density at radius 2 is 1.79 bits per heavy atom. The molecule has 1 aliphatic rings. The van der Waals surface area contributed by atoms with Gasteiger partial charge in [0.05, 0.1) is 13.2 Å². The van der Waals surface area contributed by atoms with E-state index < -0.39 is 41.4 Å². The molecule has 1 aromatic heterocycles. The SMILES string of the molecule is COc1ccc(C2Nc3nnc(C(F)(F)F)n3C(C)(O)C2C(=O)Nc2ccc(F)cc2)cc1. The molecule has 3 atom stereocenters. The summed E-state index contributed by atoms with van der Waals surface area (Å²) in [5.74, 6) is -4.08. The number of hydrogen-bond donors (Lipinski definition) is 3. The van der Waals surface area contributed by atoms with Gasteiger partial charge in [0.2, 0.25) is 17.7 Å². The predicted octanol–water partition coefficient (Wildman–Crippen LogP) is 3.53. The zero-order valence-corrected chi connectivity index (χ0v) is 17.4. The third-order valence-corrected chi connectivity index (χ3v) is 5.45. The Bertz CT molecular complexity index is 1160. The van der Waals surface area contributed by atoms with Crippen LogP contribution >= 0.6 is 0 Å². The van der Waals surface area contributed by atoms with Crippen LogP contribution in [0.5, 0.6) is 5.75 Å². The van der Waals surface area contributed by atoms with Gasteiger partial charge in [-0.2, -0.15) is 13.2 Å². The van der Waals surface area contributed by atoms with Gasteiger partial charge in [0.25, 0.3) is 0 Å². The quantitative estimate of drug-likeness (QED) is 0.510. The average molecular weight is 465 g/mol. The number of methoxy groups -OCH3 is 1. The lowest BCUT2D eigenvalue weighted by Crippen LogP contribution is -2.54. The van der Waals surface area contributed by atoms with Crippen LogP contribution in [0, 0.1) is 11.7 Å². The summed E-state index contributed by atoms with van der Waals surface area (Å²) in [7, 11) is 1.47. The Labute approximate surface area is 185 Å². The highest BCUT2D eigenvalue weighted by molar-refractivity contribution is 5.94. The van der Waals surface area contributed by atoms with Crippen LogP contribution in [0.15, 0.2) is 48.5 Å². The molecular formula is C21H19F4N5O3. The number of benzene rings is 2. The van der Waals surface area contributed by atoms with Crippen molar-refractivity contribution in [3.8, 4) is 5.75 Å². The fraction of sp³-hybridized carbons (Fsp3) is 0.286. The highest BCUT2D eigenvalue weighted by Crippen LogP contribution is 2.45. The van der Waals surface area contributed by atoms with E-state index in [-0.39, 0.29) is 11.6 Å². The van der Waals surface area contributed by atoms with Crippen LogP contribution in [0.1, 0.15) is 24.4 Å². The van der Waals surface area contributed by atoms with Gasteiger partial charge in [0, 0.05) is 5.69 Å². The topological polar surface area (TPSA) is 101 Å². The van der Waals surface area contributed by atoms with Crippen LogP contribution in [0.25, 0.3) is 0 Å². The van der Waals surface area contributed by atoms with Crippen molar-refractivity contribution in [2.24, 2.45) is 5.92 Å². The monoisotopic (exact) mass is 465 g/mol. The van der Waals surface area contributed by atoms with Gasteiger partial charge in [-0.15, -0.1) is 10.2 Å². The normalized spacial score (nSPS) is 22.3. The van der Waals surface area contributed by atoms with Crippen molar-refractivity contribution >= 4 is 17.5 Å². The van der Waals surface area contributed by atoms with Gasteiger partial charge in [-0.05, 0) is 48.9 Å². The van der Waals surface area contributed by atoms with E-state index in [9.17, 15) is 27.5 Å². The molecule has 174 valence electrons. The van der Waals surface area contributed by atoms with Crippen molar-refractivity contribution in [2.45, 2.75) is 24.9 Å². The maximum absolute atomic E-state index is 13.6. The molecule has 3 unspecified atom stereocenters. The number of aromatic nitrogens is 3. The molecule has 0 spiro atoms. The van der Waals surface area contributed by atoms with Crippen molar-refractivity contribution in [3.63, 3.8) is 0 Å². The van der Waals surface area contributed by atoms with Crippen LogP contribution in [0.2, 0.25) is 0 Å². The molecule has 0 fully saturated rings. The Morgan fingerprint density at radius 3 is 2.36 bits per heavy atom. The number of hydrogen-bond acceptors (Lipinski definition) is 6. The molecule has 1 aliphatic heterocycles. The first-order valence-corrected chi connectivity index (χ1v) is 9.74. The predicted molar refractivity (Wildman–Crippen MR) is 109 cm³/mol. The van der Waals surface area contributed by atoms with Crippen molar-refractivity contribution in [1.82, 2.24) is 14.8 Å². The van der Waals surface area contributed by atoms with E-state index in [0.717, 1.165) is 19.1 Å². The number of nitrogens with one attached hydrogen (secondary N) is 2. The summed E-state index contributed by atoms with van der Waals surface area (Å²) in [4.78, 5) is 13.3. The lowest BCUT2D eigenvalue weighted by atomic mass is 9.82. The summed E-state index contributed by atoms with van der Waals surface area (Å²) < 4.78 is 59.5. The molecular weight excluding hydrogens is 446 g/mol. The zero-order valence-electron chi connectivity index (χ0n) is 17.4. The van der Waals surface area contributed by atoms with Crippen LogP contribution < -0.4 is 15.4 Å². The number of ether oxygens (including phenoxy) is 1. The lowest BCUT2D eigenvalue weighted by Gasteiger charge is -2.43. The minimum Gasteiger partial charge on any atom is -0.497 e. The third-order valence-electron chi connectivity index (χ3n) is 5.45. The minimum atomic E-state index is -4.93. The maximum atomic E-state index is 13.6. The zero-order chi connectivity index (χ0) is 24.0. The fourth-order valence-electron chi connectivity index (χ4n) is 3.91. The second-order valence-corrected chi connectivity index (χ2v) is 7.64. The third kappa shape index (κ3) is 4.09. The molecule has 0 aliphatic carbocycles. The van der Waals surface area contributed by atoms with Gasteiger partial charge in [-0.3, -0.25) is 9.36 Å². The highest BCUT2D eigenvalue weighted by atomic mass is 19.4. The molecule has 0 bridgehead atoms. The second kappa shape index (κ2) is 8.03. The van der Waals surface area contributed by atoms with Gasteiger partial charge < -0.3 is 20.5 Å². The number of aliphatic hydroxyl groups is 1. The first kappa shape index (κ1) is 22.5. The lowest BCUT2D eigenvalue weighted by molar-refractivity contribution is -0.168. The second-order valence-electron chi connectivity index (χ2n) is 7.64. The highest BCUT2D eigenvalue weighted by Gasteiger charge is 2.54. The summed E-state index contributed by atoms with van der Waals surface area (Å²) in [6.45, 7) is 1.08. The van der Waals surface area contributed by atoms with Crippen molar-refractivity contribution < 1.29 is 32.2 Å². The molecule has 0 radical (unpaired) electrons. The number of carbonyl (C=O) groups excluding carboxylic acids is 1. The van der Waals surface area contributed by atoms with E-state index >= 15 is 0 Å². The minimum absolute atomic E-state index is 0.205. The van der Waals surface area contributed by atoms with E-state index in [2.05, 4.69) is 20.8 Å². The van der Waals surface area contributed by atoms with Gasteiger partial charge in [0.15, 0.2) is 5.72 Å². The summed E-state index contributed by atoms with van der Waals surface area (Å²) in [6.07, 6.45) is -4.93. The molecule has 0 saturated heterocycles. The molecule has 2 heterocycles. The molecule has 33 heavy (non-hydrogen) atoms. The summed E-state index contributed by atoms with van der Waals surface area (Å²) in [5, 5.41) is 23.4. The van der Waals surface area contributed by atoms with Crippen molar-refractivity contribution in [2.75, 3.05) is 17.7 Å². The molecule has 3 aromatic rings. The molecule has 12 heteroatoms. The molecule has 3 N–H and O–H groups in total. The number of amides is 1. The van der Waals surface area contributed by atoms with E-state index in [1.54, 1.807) is 24.3 Å². The van der Waals surface area contributed by atoms with E-state index in [1.807, 2.05) is 0 Å². The van der Waals surface area contributed by atoms with Crippen LogP contribution in [-0.4, -0.2) is 32.9 Å². The van der Waals surface area contributed by atoms with Crippen LogP contribution in [-0.2, 0) is 16.7 Å². The number of rotatable bonds is 4. The molecule has 8 nitrogen and oxygen atoms in total. The summed E-state index contributed by atoms with van der Waals surface area (Å²) >= 11 is 0. The summed E-state index contributed by atoms with van der Waals surface area (Å²) in [6, 6.07) is 10.3. The van der Waals surface area contributed by atoms with Gasteiger partial charge in [-0.25, -0.2) is 4.39 Å². The van der Waals surface area contributed by atoms with Gasteiger partial charge in [-0.1, -0.05) is 12.1 Å². The Balaban J connectivity index is 1.81. The Hall–Kier alpha value is -3.67. The fourth-order valence-corrected chi connectivity index (χ4v) is 3.91. The van der Waals surface area contributed by atoms with E-state index in [0.29, 0.717) is 15.9 Å². The van der Waals surface area contributed by atoms with Crippen molar-refractivity contribution in [1.29, 1.82) is 0 Å². The molecule has 4 rings (SSSR count). The smallest absolute Gasteiger partial charge is 0.451 e. The van der Waals surface area contributed by atoms with Crippen LogP contribution in [0.3, 0.4) is 0 Å². The number of nitrogens with zero attached hydrogens (tertiary/aromatic N) is 3. The van der Waals surface area contributed by atoms with Crippen LogP contribution in [0.4, 0.5) is 29.2 Å². The maximum Gasteiger partial charge on any atom is 0.451 e. The number of fused-ring (bicyclic) bond motifs is 1. The molecule has 1 amide bonds. The van der Waals surface area contributed by atoms with Gasteiger partial charge in [0.1, 0.15) is 17.5 Å². The molecule has 0 saturated carbocycles. The number of halogens is 4. The first-order chi connectivity index (χ1) is 15.5. The first-order valence-electron chi connectivity index (χ1n) is 9.74. The number of anilines is 2. The Kier molecular flexibility index (Phi) is 5.48. The van der Waals surface area contributed by atoms with E-state index in [1.165, 1.54) is 19.2 Å². The van der Waals surface area contributed by atoms with E-state index in [4.69, 9.17) is 4.74 Å². The molecule has 2 aromatic carbocycles. The van der Waals surface area contributed by atoms with Crippen molar-refractivity contribution in [3.05, 3.63) is 65.7 Å². The average Bonchev–Trinajstić information content (AvgIpc) is 3.21. The number of alkyl halides is 3. The standard InChI is InChI=1S/C21H19F4N5O3/c1-20(32)15(17(31)26-13-7-5-12(22)6-8-13)16(11-3-9-14(33-2)10-4-11)27-19-29-28-18(30(19)20)21(23,24)25/h3-10,15-16,32H,1-2H3,(H,26,31)(H,27,29). The summed E-state index contributed by atoms with van der Waals surface area (Å²) in [5.41, 5.74) is -1.70. The largest absolute Gasteiger partial charge is 0.497 e. The van der Waals surface area contributed by atoms with Gasteiger partial charge >= 0.3 is 6.18 Å². The Morgan fingerprint density at radius 1 is 1.15 bits per heavy atom.